The SMILES string of the molecule is CSC1CCC(NC(=O)N(CC(=O)O)C2CC2)C1. The molecule has 2 N–H and O–H groups in total. The topological polar surface area (TPSA) is 69.6 Å². The summed E-state index contributed by atoms with van der Waals surface area (Å²) in [6.07, 6.45) is 7.09. The van der Waals surface area contributed by atoms with Crippen molar-refractivity contribution in [1.82, 2.24) is 10.2 Å². The highest BCUT2D eigenvalue weighted by molar-refractivity contribution is 7.99. The third-order valence-electron chi connectivity index (χ3n) is 3.60. The lowest BCUT2D eigenvalue weighted by Crippen LogP contribution is -2.47. The Labute approximate surface area is 111 Å². The van der Waals surface area contributed by atoms with Gasteiger partial charge in [-0.15, -0.1) is 0 Å². The highest BCUT2D eigenvalue weighted by Crippen LogP contribution is 2.30. The number of hydrogen-bond acceptors (Lipinski definition) is 3. The highest BCUT2D eigenvalue weighted by Gasteiger charge is 2.35. The zero-order valence-electron chi connectivity index (χ0n) is 10.6. The molecule has 0 spiro atoms. The van der Waals surface area contributed by atoms with Crippen molar-refractivity contribution in [1.29, 1.82) is 0 Å². The van der Waals surface area contributed by atoms with Gasteiger partial charge in [0, 0.05) is 17.3 Å². The molecule has 2 rings (SSSR count). The Morgan fingerprint density at radius 1 is 1.33 bits per heavy atom. The van der Waals surface area contributed by atoms with Crippen LogP contribution in [0, 0.1) is 0 Å². The predicted octanol–water partition coefficient (Wildman–Crippen LogP) is 1.53. The molecule has 2 atom stereocenters. The van der Waals surface area contributed by atoms with E-state index >= 15 is 0 Å². The number of carbonyl (C=O) groups excluding carboxylic acids is 1. The van der Waals surface area contributed by atoms with Crippen LogP contribution in [0.3, 0.4) is 0 Å². The Morgan fingerprint density at radius 3 is 2.56 bits per heavy atom. The Hall–Kier alpha value is -0.910. The fourth-order valence-electron chi connectivity index (χ4n) is 2.44. The van der Waals surface area contributed by atoms with Crippen LogP contribution in [-0.4, -0.2) is 52.1 Å². The summed E-state index contributed by atoms with van der Waals surface area (Å²) in [6.45, 7) is -0.185. The third-order valence-corrected chi connectivity index (χ3v) is 4.69. The van der Waals surface area contributed by atoms with Crippen LogP contribution in [0.1, 0.15) is 32.1 Å². The summed E-state index contributed by atoms with van der Waals surface area (Å²) in [5.41, 5.74) is 0. The van der Waals surface area contributed by atoms with Crippen LogP contribution in [0.4, 0.5) is 4.79 Å². The van der Waals surface area contributed by atoms with Gasteiger partial charge in [-0.2, -0.15) is 11.8 Å². The second-order valence-corrected chi connectivity index (χ2v) is 6.21. The van der Waals surface area contributed by atoms with Gasteiger partial charge in [-0.1, -0.05) is 0 Å². The van der Waals surface area contributed by atoms with Crippen molar-refractivity contribution in [3.05, 3.63) is 0 Å². The van der Waals surface area contributed by atoms with Crippen molar-refractivity contribution in [2.45, 2.75) is 49.4 Å². The van der Waals surface area contributed by atoms with Crippen molar-refractivity contribution in [2.24, 2.45) is 0 Å². The van der Waals surface area contributed by atoms with Gasteiger partial charge in [-0.25, -0.2) is 4.79 Å². The summed E-state index contributed by atoms with van der Waals surface area (Å²) in [7, 11) is 0. The van der Waals surface area contributed by atoms with Gasteiger partial charge < -0.3 is 15.3 Å². The average molecular weight is 272 g/mol. The molecule has 5 nitrogen and oxygen atoms in total. The lowest BCUT2D eigenvalue weighted by atomic mass is 10.2. The van der Waals surface area contributed by atoms with Crippen LogP contribution in [0.15, 0.2) is 0 Å². The third kappa shape index (κ3) is 3.54. The molecule has 2 saturated carbocycles. The summed E-state index contributed by atoms with van der Waals surface area (Å²) in [6, 6.07) is 0.149. The van der Waals surface area contributed by atoms with Crippen LogP contribution >= 0.6 is 11.8 Å². The number of rotatable bonds is 5. The number of nitrogens with zero attached hydrogens (tertiary/aromatic N) is 1. The Kier molecular flexibility index (Phi) is 4.37. The van der Waals surface area contributed by atoms with E-state index in [2.05, 4.69) is 11.6 Å². The molecule has 6 heteroatoms. The Bertz CT molecular complexity index is 333. The predicted molar refractivity (Wildman–Crippen MR) is 70.8 cm³/mol. The molecule has 2 fully saturated rings. The second-order valence-electron chi connectivity index (χ2n) is 5.07. The number of carbonyl (C=O) groups is 2. The molecule has 2 unspecified atom stereocenters. The minimum absolute atomic E-state index is 0.138. The summed E-state index contributed by atoms with van der Waals surface area (Å²) in [5.74, 6) is -0.939. The number of carboxylic acid groups (broad SMARTS) is 1. The lowest BCUT2D eigenvalue weighted by Gasteiger charge is -2.23. The lowest BCUT2D eigenvalue weighted by molar-refractivity contribution is -0.137. The van der Waals surface area contributed by atoms with Crippen LogP contribution in [0.2, 0.25) is 0 Å². The maximum absolute atomic E-state index is 12.1. The van der Waals surface area contributed by atoms with Gasteiger partial charge >= 0.3 is 12.0 Å². The Morgan fingerprint density at radius 2 is 2.06 bits per heavy atom. The molecule has 102 valence electrons. The summed E-state index contributed by atoms with van der Waals surface area (Å²) in [4.78, 5) is 24.3. The zero-order valence-corrected chi connectivity index (χ0v) is 11.4. The minimum atomic E-state index is -0.939. The number of carboxylic acids is 1. The molecular formula is C12H20N2O3S. The molecular weight excluding hydrogens is 252 g/mol. The average Bonchev–Trinajstić information content (AvgIpc) is 3.06. The van der Waals surface area contributed by atoms with Crippen molar-refractivity contribution in [3.8, 4) is 0 Å². The maximum Gasteiger partial charge on any atom is 0.323 e. The monoisotopic (exact) mass is 272 g/mol. The quantitative estimate of drug-likeness (QED) is 0.796. The number of hydrogen-bond donors (Lipinski definition) is 2. The molecule has 0 aliphatic heterocycles. The van der Waals surface area contributed by atoms with E-state index in [1.807, 2.05) is 11.8 Å². The molecule has 2 aliphatic carbocycles. The van der Waals surface area contributed by atoms with Gasteiger partial charge in [0.15, 0.2) is 0 Å². The molecule has 0 saturated heterocycles. The van der Waals surface area contributed by atoms with Gasteiger partial charge in [0.25, 0.3) is 0 Å². The molecule has 0 aromatic heterocycles. The van der Waals surface area contributed by atoms with E-state index in [0.29, 0.717) is 5.25 Å². The summed E-state index contributed by atoms with van der Waals surface area (Å²) >= 11 is 1.84. The van der Waals surface area contributed by atoms with Crippen molar-refractivity contribution in [2.75, 3.05) is 12.8 Å². The molecule has 2 amide bonds. The van der Waals surface area contributed by atoms with Gasteiger partial charge in [0.2, 0.25) is 0 Å². The first-order valence-corrected chi connectivity index (χ1v) is 7.70. The van der Waals surface area contributed by atoms with Gasteiger partial charge in [0.05, 0.1) is 0 Å². The summed E-state index contributed by atoms with van der Waals surface area (Å²) in [5, 5.41) is 12.4. The van der Waals surface area contributed by atoms with E-state index in [0.717, 1.165) is 32.1 Å². The highest BCUT2D eigenvalue weighted by atomic mass is 32.2. The van der Waals surface area contributed by atoms with E-state index < -0.39 is 5.97 Å². The first kappa shape index (κ1) is 13.5. The smallest absolute Gasteiger partial charge is 0.323 e. The molecule has 0 bridgehead atoms. The van der Waals surface area contributed by atoms with Crippen molar-refractivity contribution in [3.63, 3.8) is 0 Å². The number of aliphatic carboxylic acids is 1. The number of nitrogens with one attached hydrogen (secondary N) is 1. The zero-order chi connectivity index (χ0) is 13.1. The first-order chi connectivity index (χ1) is 8.60. The second kappa shape index (κ2) is 5.82. The molecule has 2 aliphatic rings. The van der Waals surface area contributed by atoms with Crippen LogP contribution in [-0.2, 0) is 4.79 Å². The van der Waals surface area contributed by atoms with E-state index in [-0.39, 0.29) is 24.7 Å². The van der Waals surface area contributed by atoms with E-state index in [9.17, 15) is 9.59 Å². The molecule has 18 heavy (non-hydrogen) atoms. The first-order valence-electron chi connectivity index (χ1n) is 6.42. The largest absolute Gasteiger partial charge is 0.480 e. The van der Waals surface area contributed by atoms with Gasteiger partial charge in [0.1, 0.15) is 6.54 Å². The van der Waals surface area contributed by atoms with Crippen molar-refractivity contribution >= 4 is 23.8 Å². The molecule has 0 heterocycles. The standard InChI is InChI=1S/C12H20N2O3S/c1-18-10-5-2-8(6-10)13-12(17)14(7-11(15)16)9-3-4-9/h8-10H,2-7H2,1H3,(H,13,17)(H,15,16). The number of thioether (sulfide) groups is 1. The van der Waals surface area contributed by atoms with E-state index in [4.69, 9.17) is 5.11 Å². The van der Waals surface area contributed by atoms with E-state index in [1.54, 1.807) is 0 Å². The number of urea groups is 1. The fourth-order valence-corrected chi connectivity index (χ4v) is 3.24. The molecule has 0 aromatic carbocycles. The summed E-state index contributed by atoms with van der Waals surface area (Å²) < 4.78 is 0. The maximum atomic E-state index is 12.1. The molecule has 0 radical (unpaired) electrons. The van der Waals surface area contributed by atoms with Gasteiger partial charge in [-0.3, -0.25) is 4.79 Å². The van der Waals surface area contributed by atoms with Gasteiger partial charge in [-0.05, 0) is 38.4 Å². The normalized spacial score (nSPS) is 26.9. The van der Waals surface area contributed by atoms with E-state index in [1.165, 1.54) is 4.90 Å². The van der Waals surface area contributed by atoms with Crippen LogP contribution in [0.5, 0.6) is 0 Å². The van der Waals surface area contributed by atoms with Crippen LogP contribution < -0.4 is 5.32 Å². The minimum Gasteiger partial charge on any atom is -0.480 e. The molecule has 0 aromatic rings. The fraction of sp³-hybridized carbons (Fsp3) is 0.833. The van der Waals surface area contributed by atoms with Crippen molar-refractivity contribution < 1.29 is 14.7 Å². The number of amides is 2. The Balaban J connectivity index is 1.83. The van der Waals surface area contributed by atoms with Crippen LogP contribution in [0.25, 0.3) is 0 Å².